The van der Waals surface area contributed by atoms with Crippen LogP contribution in [0, 0.1) is 0 Å². The van der Waals surface area contributed by atoms with Crippen molar-refractivity contribution in [3.63, 3.8) is 0 Å². The van der Waals surface area contributed by atoms with Crippen molar-refractivity contribution in [1.82, 2.24) is 4.57 Å². The molecule has 0 radical (unpaired) electrons. The van der Waals surface area contributed by atoms with Gasteiger partial charge in [-0.15, -0.1) is 11.3 Å². The molecular formula is C48H36N2OS. The first-order valence-electron chi connectivity index (χ1n) is 18.4. The normalized spacial score (nSPS) is 17.8. The van der Waals surface area contributed by atoms with Crippen LogP contribution >= 0.6 is 11.3 Å². The Morgan fingerprint density at radius 2 is 1.60 bits per heavy atom. The second-order valence-electron chi connectivity index (χ2n) is 14.3. The van der Waals surface area contributed by atoms with Crippen molar-refractivity contribution in [2.75, 3.05) is 4.90 Å². The highest BCUT2D eigenvalue weighted by Gasteiger charge is 2.31. The third-order valence-electron chi connectivity index (χ3n) is 11.3. The number of benzene rings is 5. The number of nitrogens with zero attached hydrogens (tertiary/aromatic N) is 2. The Bertz CT molecular complexity index is 2820. The fourth-order valence-corrected chi connectivity index (χ4v) is 10.1. The molecule has 8 aromatic rings. The van der Waals surface area contributed by atoms with Crippen LogP contribution in [0.15, 0.2) is 150 Å². The van der Waals surface area contributed by atoms with E-state index in [-0.39, 0.29) is 12.1 Å². The van der Waals surface area contributed by atoms with Gasteiger partial charge in [-0.3, -0.25) is 0 Å². The molecule has 250 valence electrons. The van der Waals surface area contributed by atoms with Gasteiger partial charge in [0.15, 0.2) is 0 Å². The summed E-state index contributed by atoms with van der Waals surface area (Å²) in [5.74, 6) is 0. The van der Waals surface area contributed by atoms with Gasteiger partial charge in [-0.2, -0.15) is 0 Å². The summed E-state index contributed by atoms with van der Waals surface area (Å²) >= 11 is 1.92. The number of anilines is 2. The van der Waals surface area contributed by atoms with Crippen LogP contribution in [-0.4, -0.2) is 10.6 Å². The number of aromatic nitrogens is 1. The molecule has 3 aromatic heterocycles. The predicted molar refractivity (Wildman–Crippen MR) is 221 cm³/mol. The Balaban J connectivity index is 1.11. The van der Waals surface area contributed by atoms with Crippen LogP contribution in [0.2, 0.25) is 0 Å². The number of para-hydroxylation sites is 1. The molecule has 0 amide bonds. The molecule has 0 saturated heterocycles. The van der Waals surface area contributed by atoms with Crippen LogP contribution in [0.5, 0.6) is 0 Å². The van der Waals surface area contributed by atoms with Gasteiger partial charge >= 0.3 is 0 Å². The summed E-state index contributed by atoms with van der Waals surface area (Å²) in [6.07, 6.45) is 22.6. The number of furan rings is 1. The molecule has 0 fully saturated rings. The van der Waals surface area contributed by atoms with E-state index in [2.05, 4.69) is 167 Å². The SMILES string of the molecule is C1=CCC(n2c3c(c4ccc(-c5ccccc5)cc42)CC(N(c2ccc4sc5c(c4c2)CCC=C5)c2cccc4oc5ccccc5c24)C=C3)C=C1. The molecule has 3 heterocycles. The molecule has 11 rings (SSSR count). The number of aryl methyl sites for hydroxylation is 1. The maximum absolute atomic E-state index is 6.46. The molecule has 2 atom stereocenters. The van der Waals surface area contributed by atoms with E-state index in [1.807, 2.05) is 11.3 Å². The van der Waals surface area contributed by atoms with Crippen LogP contribution in [0.3, 0.4) is 0 Å². The molecule has 0 N–H and O–H groups in total. The number of thiophene rings is 1. The summed E-state index contributed by atoms with van der Waals surface area (Å²) in [7, 11) is 0. The maximum Gasteiger partial charge on any atom is 0.137 e. The molecule has 0 saturated carbocycles. The topological polar surface area (TPSA) is 21.3 Å². The van der Waals surface area contributed by atoms with Gasteiger partial charge in [0.1, 0.15) is 11.2 Å². The lowest BCUT2D eigenvalue weighted by Crippen LogP contribution is -2.33. The van der Waals surface area contributed by atoms with Gasteiger partial charge in [-0.25, -0.2) is 0 Å². The van der Waals surface area contributed by atoms with Crippen molar-refractivity contribution in [1.29, 1.82) is 0 Å². The van der Waals surface area contributed by atoms with Crippen LogP contribution < -0.4 is 4.90 Å². The first-order chi connectivity index (χ1) is 25.8. The van der Waals surface area contributed by atoms with Gasteiger partial charge in [0.2, 0.25) is 0 Å². The average Bonchev–Trinajstić information content (AvgIpc) is 3.88. The zero-order valence-corrected chi connectivity index (χ0v) is 29.5. The van der Waals surface area contributed by atoms with E-state index in [0.717, 1.165) is 42.2 Å². The monoisotopic (exact) mass is 688 g/mol. The van der Waals surface area contributed by atoms with Crippen molar-refractivity contribution in [3.05, 3.63) is 167 Å². The average molecular weight is 689 g/mol. The molecule has 2 unspecified atom stereocenters. The van der Waals surface area contributed by atoms with E-state index in [1.54, 1.807) is 0 Å². The summed E-state index contributed by atoms with van der Waals surface area (Å²) in [6.45, 7) is 0. The van der Waals surface area contributed by atoms with Crippen LogP contribution in [0.1, 0.15) is 40.6 Å². The fraction of sp³-hybridized carbons (Fsp3) is 0.125. The van der Waals surface area contributed by atoms with Crippen LogP contribution in [0.25, 0.3) is 66.2 Å². The largest absolute Gasteiger partial charge is 0.456 e. The van der Waals surface area contributed by atoms with Gasteiger partial charge in [0.25, 0.3) is 0 Å². The van der Waals surface area contributed by atoms with Crippen molar-refractivity contribution in [2.45, 2.75) is 37.8 Å². The molecule has 4 heteroatoms. The van der Waals surface area contributed by atoms with Gasteiger partial charge in [0, 0.05) is 37.2 Å². The Kier molecular flexibility index (Phi) is 6.81. The molecular weight excluding hydrogens is 653 g/mol. The smallest absolute Gasteiger partial charge is 0.137 e. The molecule has 5 aromatic carbocycles. The standard InChI is InChI=1S/C48H36N2OS/c1-3-12-31(13-4-1)32-22-25-36-39-29-34(23-26-41(39)50(43(36)28-32)33-14-5-2-6-15-33)49(35-24-27-47-40(30-35)37-16-8-10-21-46(37)52-47)42-18-11-20-45-48(42)38-17-7-9-19-44(38)51-45/h1-7,9-14,17-28,30,33-34H,8,15-16,29H2. The fourth-order valence-electron chi connectivity index (χ4n) is 8.96. The minimum atomic E-state index is 0.0909. The second kappa shape index (κ2) is 11.9. The minimum Gasteiger partial charge on any atom is -0.456 e. The Morgan fingerprint density at radius 3 is 2.52 bits per heavy atom. The van der Waals surface area contributed by atoms with Gasteiger partial charge in [-0.05, 0) is 108 Å². The minimum absolute atomic E-state index is 0.0909. The Hall–Kier alpha value is -5.84. The molecule has 0 spiro atoms. The highest BCUT2D eigenvalue weighted by Crippen LogP contribution is 2.46. The van der Waals surface area contributed by atoms with Gasteiger partial charge < -0.3 is 13.9 Å². The lowest BCUT2D eigenvalue weighted by molar-refractivity contribution is 0.618. The van der Waals surface area contributed by atoms with E-state index in [0.29, 0.717) is 0 Å². The van der Waals surface area contributed by atoms with E-state index in [4.69, 9.17) is 4.42 Å². The number of hydrogen-bond acceptors (Lipinski definition) is 3. The Labute approximate surface area is 306 Å². The van der Waals surface area contributed by atoms with E-state index < -0.39 is 0 Å². The third kappa shape index (κ3) is 4.64. The summed E-state index contributed by atoms with van der Waals surface area (Å²) in [5.41, 5.74) is 12.3. The molecule has 3 aliphatic rings. The van der Waals surface area contributed by atoms with Crippen LogP contribution in [-0.2, 0) is 12.8 Å². The highest BCUT2D eigenvalue weighted by atomic mass is 32.1. The Morgan fingerprint density at radius 1 is 0.692 bits per heavy atom. The predicted octanol–water partition coefficient (Wildman–Crippen LogP) is 13.2. The summed E-state index contributed by atoms with van der Waals surface area (Å²) in [5, 5.41) is 5.05. The molecule has 0 aliphatic heterocycles. The van der Waals surface area contributed by atoms with Crippen molar-refractivity contribution in [2.24, 2.45) is 0 Å². The molecule has 3 nitrogen and oxygen atoms in total. The number of fused-ring (bicyclic) bond motifs is 9. The highest BCUT2D eigenvalue weighted by molar-refractivity contribution is 7.20. The third-order valence-corrected chi connectivity index (χ3v) is 12.5. The summed E-state index contributed by atoms with van der Waals surface area (Å²) in [4.78, 5) is 4.00. The lowest BCUT2D eigenvalue weighted by atomic mass is 9.93. The number of allylic oxidation sites excluding steroid dienone is 5. The zero-order chi connectivity index (χ0) is 34.2. The molecule has 52 heavy (non-hydrogen) atoms. The van der Waals surface area contributed by atoms with Gasteiger partial charge in [0.05, 0.1) is 23.2 Å². The number of hydrogen-bond donors (Lipinski definition) is 0. The molecule has 0 bridgehead atoms. The van der Waals surface area contributed by atoms with Crippen molar-refractivity contribution in [3.8, 4) is 11.1 Å². The maximum atomic E-state index is 6.46. The second-order valence-corrected chi connectivity index (χ2v) is 15.3. The quantitative estimate of drug-likeness (QED) is 0.179. The van der Waals surface area contributed by atoms with Crippen molar-refractivity contribution < 1.29 is 4.42 Å². The summed E-state index contributed by atoms with van der Waals surface area (Å²) < 4.78 is 10.4. The first-order valence-corrected chi connectivity index (χ1v) is 19.3. The van der Waals surface area contributed by atoms with Crippen molar-refractivity contribution >= 4 is 77.8 Å². The number of rotatable bonds is 5. The van der Waals surface area contributed by atoms with E-state index in [1.165, 1.54) is 70.6 Å². The summed E-state index contributed by atoms with van der Waals surface area (Å²) in [6, 6.07) is 40.4. The van der Waals surface area contributed by atoms with E-state index in [9.17, 15) is 0 Å². The van der Waals surface area contributed by atoms with E-state index >= 15 is 0 Å². The molecule has 3 aliphatic carbocycles. The van der Waals surface area contributed by atoms with Gasteiger partial charge in [-0.1, -0.05) is 103 Å². The lowest BCUT2D eigenvalue weighted by Gasteiger charge is -2.35. The van der Waals surface area contributed by atoms with Crippen LogP contribution in [0.4, 0.5) is 11.4 Å². The first kappa shape index (κ1) is 29.8. The zero-order valence-electron chi connectivity index (χ0n) is 28.7.